The molecule has 4 aromatic rings. The molecule has 0 spiro atoms. The highest BCUT2D eigenvalue weighted by atomic mass is 79.9. The average Bonchev–Trinajstić information content (AvgIpc) is 3.61. The zero-order valence-electron chi connectivity index (χ0n) is 28.4. The summed E-state index contributed by atoms with van der Waals surface area (Å²) in [5, 5.41) is 0. The minimum atomic E-state index is -0.137. The lowest BCUT2D eigenvalue weighted by molar-refractivity contribution is 0.103. The fourth-order valence-electron chi connectivity index (χ4n) is 8.79. The maximum absolute atomic E-state index is 13.9. The summed E-state index contributed by atoms with van der Waals surface area (Å²) in [6.07, 6.45) is 17.4. The van der Waals surface area contributed by atoms with Gasteiger partial charge in [0.15, 0.2) is 11.6 Å². The standard InChI is InChI=1S/C44H47BrO2/c1-4-6-8-10-12-14-20-44(21-15-13-11-9-7-5-2)40-26-32-30-18-16-28(3)22-36(30)42(46)38(32)24-34(40)35-25-39-33(27-41(35)44)31-19-17-29(45)23-37(31)43(39)47/h16-19,22-27H,4-15,20-21H2,1-3H3. The zero-order valence-corrected chi connectivity index (χ0v) is 30.0. The first-order chi connectivity index (χ1) is 22.9. The lowest BCUT2D eigenvalue weighted by Crippen LogP contribution is -2.26. The van der Waals surface area contributed by atoms with Crippen molar-refractivity contribution < 1.29 is 9.59 Å². The van der Waals surface area contributed by atoms with Gasteiger partial charge in [-0.05, 0) is 107 Å². The van der Waals surface area contributed by atoms with Crippen LogP contribution in [0.25, 0.3) is 33.4 Å². The van der Waals surface area contributed by atoms with E-state index in [0.29, 0.717) is 0 Å². The highest BCUT2D eigenvalue weighted by molar-refractivity contribution is 9.10. The molecule has 0 bridgehead atoms. The van der Waals surface area contributed by atoms with Gasteiger partial charge in [-0.25, -0.2) is 0 Å². The summed E-state index contributed by atoms with van der Waals surface area (Å²) in [7, 11) is 0. The molecule has 0 fully saturated rings. The summed E-state index contributed by atoms with van der Waals surface area (Å²) in [6, 6.07) is 21.6. The second-order valence-electron chi connectivity index (χ2n) is 14.4. The van der Waals surface area contributed by atoms with E-state index in [1.165, 1.54) is 99.3 Å². The van der Waals surface area contributed by atoms with Crippen LogP contribution in [-0.4, -0.2) is 11.6 Å². The quantitative estimate of drug-likeness (QED) is 0.107. The smallest absolute Gasteiger partial charge is 0.194 e. The number of benzene rings is 4. The van der Waals surface area contributed by atoms with Crippen LogP contribution in [0.3, 0.4) is 0 Å². The van der Waals surface area contributed by atoms with Gasteiger partial charge in [-0.2, -0.15) is 0 Å². The Morgan fingerprint density at radius 3 is 1.45 bits per heavy atom. The van der Waals surface area contributed by atoms with E-state index >= 15 is 0 Å². The number of rotatable bonds is 14. The number of unbranched alkanes of at least 4 members (excludes halogenated alkanes) is 10. The van der Waals surface area contributed by atoms with Gasteiger partial charge < -0.3 is 0 Å². The highest BCUT2D eigenvalue weighted by Crippen LogP contribution is 2.58. The molecular weight excluding hydrogens is 640 g/mol. The largest absolute Gasteiger partial charge is 0.289 e. The van der Waals surface area contributed by atoms with Crippen LogP contribution in [0.5, 0.6) is 0 Å². The molecule has 0 radical (unpaired) electrons. The topological polar surface area (TPSA) is 34.1 Å². The molecule has 3 heteroatoms. The summed E-state index contributed by atoms with van der Waals surface area (Å²) >= 11 is 3.60. The van der Waals surface area contributed by atoms with Crippen LogP contribution in [-0.2, 0) is 5.41 Å². The normalized spacial score (nSPS) is 14.6. The number of carbonyl (C=O) groups is 2. The summed E-state index contributed by atoms with van der Waals surface area (Å²) < 4.78 is 0.930. The third-order valence-electron chi connectivity index (χ3n) is 11.3. The molecule has 0 saturated carbocycles. The number of carbonyl (C=O) groups excluding carboxylic acids is 2. The van der Waals surface area contributed by atoms with Gasteiger partial charge in [-0.3, -0.25) is 9.59 Å². The van der Waals surface area contributed by atoms with Crippen LogP contribution in [0.4, 0.5) is 0 Å². The number of hydrogen-bond donors (Lipinski definition) is 0. The molecule has 3 aliphatic rings. The molecule has 0 unspecified atom stereocenters. The molecule has 2 nitrogen and oxygen atoms in total. The minimum absolute atomic E-state index is 0.102. The van der Waals surface area contributed by atoms with Crippen molar-refractivity contribution in [1.82, 2.24) is 0 Å². The Labute approximate surface area is 289 Å². The summed E-state index contributed by atoms with van der Waals surface area (Å²) in [6.45, 7) is 6.63. The molecule has 0 saturated heterocycles. The Kier molecular flexibility index (Phi) is 9.13. The Bertz CT molecular complexity index is 1740. The number of ketones is 2. The SMILES string of the molecule is CCCCCCCCC1(CCCCCCCC)c2cc3c(cc2-c2cc4c(cc21)-c1ccc(Br)cc1C4=O)C(=O)c1cc(C)ccc1-3. The fourth-order valence-corrected chi connectivity index (χ4v) is 9.15. The third-order valence-corrected chi connectivity index (χ3v) is 11.8. The number of aryl methyl sites for hydroxylation is 1. The van der Waals surface area contributed by atoms with Gasteiger partial charge in [0.25, 0.3) is 0 Å². The van der Waals surface area contributed by atoms with Crippen LogP contribution in [0.15, 0.2) is 65.1 Å². The van der Waals surface area contributed by atoms with E-state index in [0.717, 1.165) is 67.4 Å². The van der Waals surface area contributed by atoms with Crippen LogP contribution >= 0.6 is 15.9 Å². The maximum Gasteiger partial charge on any atom is 0.194 e. The Morgan fingerprint density at radius 2 is 0.915 bits per heavy atom. The van der Waals surface area contributed by atoms with Gasteiger partial charge in [0.1, 0.15) is 0 Å². The molecule has 0 aliphatic heterocycles. The van der Waals surface area contributed by atoms with Crippen molar-refractivity contribution in [3.63, 3.8) is 0 Å². The van der Waals surface area contributed by atoms with Crippen molar-refractivity contribution in [2.75, 3.05) is 0 Å². The summed E-state index contributed by atoms with van der Waals surface area (Å²) in [5.74, 6) is 0.229. The zero-order chi connectivity index (χ0) is 32.7. The highest BCUT2D eigenvalue weighted by Gasteiger charge is 2.45. The lowest BCUT2D eigenvalue weighted by Gasteiger charge is -2.33. The van der Waals surface area contributed by atoms with Gasteiger partial charge in [-0.1, -0.05) is 131 Å². The lowest BCUT2D eigenvalue weighted by atomic mass is 9.69. The van der Waals surface area contributed by atoms with E-state index in [1.54, 1.807) is 0 Å². The third kappa shape index (κ3) is 5.57. The Morgan fingerprint density at radius 1 is 0.468 bits per heavy atom. The molecule has 47 heavy (non-hydrogen) atoms. The predicted molar refractivity (Wildman–Crippen MR) is 199 cm³/mol. The van der Waals surface area contributed by atoms with Gasteiger partial charge in [0.05, 0.1) is 0 Å². The van der Waals surface area contributed by atoms with Gasteiger partial charge in [-0.15, -0.1) is 0 Å². The molecule has 3 aliphatic carbocycles. The van der Waals surface area contributed by atoms with Crippen molar-refractivity contribution >= 4 is 27.5 Å². The number of hydrogen-bond acceptors (Lipinski definition) is 2. The van der Waals surface area contributed by atoms with E-state index in [2.05, 4.69) is 91.3 Å². The van der Waals surface area contributed by atoms with Crippen molar-refractivity contribution in [3.05, 3.63) is 104 Å². The second kappa shape index (κ2) is 13.3. The fraction of sp³-hybridized carbons (Fsp3) is 0.409. The number of fused-ring (bicyclic) bond motifs is 9. The van der Waals surface area contributed by atoms with Crippen LogP contribution in [0, 0.1) is 6.92 Å². The van der Waals surface area contributed by atoms with Gasteiger partial charge >= 0.3 is 0 Å². The molecule has 7 rings (SSSR count). The molecule has 0 amide bonds. The molecule has 0 aromatic heterocycles. The monoisotopic (exact) mass is 686 g/mol. The minimum Gasteiger partial charge on any atom is -0.289 e. The van der Waals surface area contributed by atoms with Crippen LogP contribution in [0.1, 0.15) is 152 Å². The van der Waals surface area contributed by atoms with E-state index in [-0.39, 0.29) is 17.0 Å². The van der Waals surface area contributed by atoms with Crippen molar-refractivity contribution in [1.29, 1.82) is 0 Å². The first-order valence-electron chi connectivity index (χ1n) is 18.3. The molecule has 0 atom stereocenters. The number of halogens is 1. The van der Waals surface area contributed by atoms with Crippen molar-refractivity contribution in [2.45, 2.75) is 116 Å². The average molecular weight is 688 g/mol. The van der Waals surface area contributed by atoms with Gasteiger partial charge in [0, 0.05) is 32.1 Å². The van der Waals surface area contributed by atoms with E-state index in [4.69, 9.17) is 0 Å². The Balaban J connectivity index is 1.38. The van der Waals surface area contributed by atoms with Crippen LogP contribution < -0.4 is 0 Å². The molecule has 0 heterocycles. The molecule has 242 valence electrons. The first kappa shape index (κ1) is 32.3. The van der Waals surface area contributed by atoms with E-state index < -0.39 is 0 Å². The van der Waals surface area contributed by atoms with E-state index in [9.17, 15) is 9.59 Å². The van der Waals surface area contributed by atoms with Crippen LogP contribution in [0.2, 0.25) is 0 Å². The molecule has 0 N–H and O–H groups in total. The maximum atomic E-state index is 13.9. The van der Waals surface area contributed by atoms with Crippen molar-refractivity contribution in [3.8, 4) is 33.4 Å². The first-order valence-corrected chi connectivity index (χ1v) is 19.0. The van der Waals surface area contributed by atoms with E-state index in [1.807, 2.05) is 6.07 Å². The predicted octanol–water partition coefficient (Wildman–Crippen LogP) is 12.9. The molecule has 4 aromatic carbocycles. The Hall–Kier alpha value is -3.30. The molecular formula is C44H47BrO2. The summed E-state index contributed by atoms with van der Waals surface area (Å²) in [4.78, 5) is 27.7. The van der Waals surface area contributed by atoms with Gasteiger partial charge in [0.2, 0.25) is 0 Å². The summed E-state index contributed by atoms with van der Waals surface area (Å²) in [5.41, 5.74) is 13.5. The second-order valence-corrected chi connectivity index (χ2v) is 15.3. The van der Waals surface area contributed by atoms with Crippen molar-refractivity contribution in [2.24, 2.45) is 0 Å².